The smallest absolute Gasteiger partial charge is 0.254 e. The molecule has 0 radical (unpaired) electrons. The summed E-state index contributed by atoms with van der Waals surface area (Å²) in [6.07, 6.45) is 2.01. The lowest BCUT2D eigenvalue weighted by atomic mass is 9.98. The third-order valence-corrected chi connectivity index (χ3v) is 4.87. The Bertz CT molecular complexity index is 445. The molecule has 0 aliphatic carbocycles. The molecule has 0 bridgehead atoms. The molecule has 0 spiro atoms. The Hall–Kier alpha value is -0.0600. The minimum Gasteiger partial charge on any atom is -0.339 e. The van der Waals surface area contributed by atoms with Crippen LogP contribution in [0.2, 0.25) is 0 Å². The number of hydrogen-bond acceptors (Lipinski definition) is 1. The number of hydrogen-bond donors (Lipinski definition) is 0. The lowest BCUT2D eigenvalue weighted by molar-refractivity contribution is 0.0697. The molecule has 1 heterocycles. The average molecular weight is 396 g/mol. The lowest BCUT2D eigenvalue weighted by Gasteiger charge is -2.31. The maximum atomic E-state index is 12.4. The SMILES string of the molecule is O=C(c1ccc(Br)cc1Br)N1CCC(CCl)CC1. The summed E-state index contributed by atoms with van der Waals surface area (Å²) in [5.41, 5.74) is 0.725. The highest BCUT2D eigenvalue weighted by molar-refractivity contribution is 9.11. The topological polar surface area (TPSA) is 20.3 Å². The van der Waals surface area contributed by atoms with Crippen LogP contribution in [0.25, 0.3) is 0 Å². The van der Waals surface area contributed by atoms with Crippen LogP contribution in [0.4, 0.5) is 0 Å². The zero-order valence-corrected chi connectivity index (χ0v) is 13.8. The van der Waals surface area contributed by atoms with Gasteiger partial charge in [0.05, 0.1) is 5.56 Å². The van der Waals surface area contributed by atoms with E-state index in [4.69, 9.17) is 11.6 Å². The average Bonchev–Trinajstić information content (AvgIpc) is 2.38. The molecule has 1 aliphatic heterocycles. The third-order valence-electron chi connectivity index (χ3n) is 3.28. The molecule has 5 heteroatoms. The highest BCUT2D eigenvalue weighted by atomic mass is 79.9. The first kappa shape index (κ1) is 14.4. The second-order valence-electron chi connectivity index (χ2n) is 4.51. The molecule has 0 atom stereocenters. The minimum absolute atomic E-state index is 0.0994. The molecule has 0 saturated carbocycles. The second-order valence-corrected chi connectivity index (χ2v) is 6.59. The Morgan fingerprint density at radius 2 is 2.00 bits per heavy atom. The predicted molar refractivity (Wildman–Crippen MR) is 81.2 cm³/mol. The second kappa shape index (κ2) is 6.40. The van der Waals surface area contributed by atoms with Crippen molar-refractivity contribution >= 4 is 49.4 Å². The summed E-state index contributed by atoms with van der Waals surface area (Å²) in [6.45, 7) is 1.61. The van der Waals surface area contributed by atoms with Crippen LogP contribution in [0.1, 0.15) is 23.2 Å². The predicted octanol–water partition coefficient (Wildman–Crippen LogP) is 4.30. The molecule has 18 heavy (non-hydrogen) atoms. The Kier molecular flexibility index (Phi) is 5.10. The van der Waals surface area contributed by atoms with Gasteiger partial charge in [-0.2, -0.15) is 0 Å². The van der Waals surface area contributed by atoms with E-state index in [0.717, 1.165) is 40.4 Å². The van der Waals surface area contributed by atoms with Gasteiger partial charge in [-0.25, -0.2) is 0 Å². The number of carbonyl (C=O) groups excluding carboxylic acids is 1. The molecule has 1 amide bonds. The first-order chi connectivity index (χ1) is 8.61. The molecular weight excluding hydrogens is 381 g/mol. The number of benzene rings is 1. The van der Waals surface area contributed by atoms with E-state index >= 15 is 0 Å². The normalized spacial score (nSPS) is 16.9. The number of piperidine rings is 1. The van der Waals surface area contributed by atoms with Gasteiger partial charge >= 0.3 is 0 Å². The van der Waals surface area contributed by atoms with Crippen LogP contribution in [-0.4, -0.2) is 29.8 Å². The molecule has 1 aromatic carbocycles. The maximum Gasteiger partial charge on any atom is 0.254 e. The number of carbonyl (C=O) groups is 1. The van der Waals surface area contributed by atoms with E-state index < -0.39 is 0 Å². The molecular formula is C13H14Br2ClNO. The molecule has 98 valence electrons. The van der Waals surface area contributed by atoms with Crippen LogP contribution in [-0.2, 0) is 0 Å². The summed E-state index contributed by atoms with van der Waals surface area (Å²) in [7, 11) is 0. The van der Waals surface area contributed by atoms with Gasteiger partial charge in [0, 0.05) is 27.9 Å². The van der Waals surface area contributed by atoms with Crippen molar-refractivity contribution in [3.8, 4) is 0 Å². The van der Waals surface area contributed by atoms with E-state index in [1.165, 1.54) is 0 Å². The lowest BCUT2D eigenvalue weighted by Crippen LogP contribution is -2.39. The summed E-state index contributed by atoms with van der Waals surface area (Å²) in [5.74, 6) is 1.36. The zero-order chi connectivity index (χ0) is 13.1. The monoisotopic (exact) mass is 393 g/mol. The van der Waals surface area contributed by atoms with E-state index in [1.54, 1.807) is 0 Å². The highest BCUT2D eigenvalue weighted by Crippen LogP contribution is 2.25. The van der Waals surface area contributed by atoms with Crippen molar-refractivity contribution in [3.05, 3.63) is 32.7 Å². The van der Waals surface area contributed by atoms with Crippen LogP contribution in [0, 0.1) is 5.92 Å². The molecule has 1 aliphatic rings. The van der Waals surface area contributed by atoms with Crippen molar-refractivity contribution in [1.82, 2.24) is 4.90 Å². The molecule has 0 unspecified atom stereocenters. The van der Waals surface area contributed by atoms with Crippen molar-refractivity contribution in [1.29, 1.82) is 0 Å². The van der Waals surface area contributed by atoms with Gasteiger partial charge in [0.1, 0.15) is 0 Å². The number of likely N-dealkylation sites (tertiary alicyclic amines) is 1. The van der Waals surface area contributed by atoms with Crippen molar-refractivity contribution in [2.75, 3.05) is 19.0 Å². The highest BCUT2D eigenvalue weighted by Gasteiger charge is 2.24. The molecule has 0 aromatic heterocycles. The van der Waals surface area contributed by atoms with E-state index in [2.05, 4.69) is 31.9 Å². The summed E-state index contributed by atoms with van der Waals surface area (Å²) >= 11 is 12.7. The Morgan fingerprint density at radius 1 is 1.33 bits per heavy atom. The standard InChI is InChI=1S/C13H14Br2ClNO/c14-10-1-2-11(12(15)7-10)13(18)17-5-3-9(8-16)4-6-17/h1-2,7,9H,3-6,8H2. The number of nitrogens with zero attached hydrogens (tertiary/aromatic N) is 1. The van der Waals surface area contributed by atoms with Gasteiger partial charge in [-0.15, -0.1) is 11.6 Å². The Morgan fingerprint density at radius 3 is 2.56 bits per heavy atom. The fourth-order valence-electron chi connectivity index (χ4n) is 2.12. The molecule has 2 nitrogen and oxygen atoms in total. The molecule has 1 fully saturated rings. The van der Waals surface area contributed by atoms with E-state index in [1.807, 2.05) is 23.1 Å². The largest absolute Gasteiger partial charge is 0.339 e. The van der Waals surface area contributed by atoms with Gasteiger partial charge in [-0.05, 0) is 52.9 Å². The Balaban J connectivity index is 2.08. The number of halogens is 3. The van der Waals surface area contributed by atoms with E-state index in [9.17, 15) is 4.79 Å². The number of rotatable bonds is 2. The third kappa shape index (κ3) is 3.28. The van der Waals surface area contributed by atoms with Crippen LogP contribution >= 0.6 is 43.5 Å². The van der Waals surface area contributed by atoms with Gasteiger partial charge in [-0.1, -0.05) is 15.9 Å². The van der Waals surface area contributed by atoms with Crippen LogP contribution in [0.5, 0.6) is 0 Å². The van der Waals surface area contributed by atoms with Crippen LogP contribution < -0.4 is 0 Å². The van der Waals surface area contributed by atoms with Crippen LogP contribution in [0.3, 0.4) is 0 Å². The molecule has 1 saturated heterocycles. The number of alkyl halides is 1. The van der Waals surface area contributed by atoms with E-state index in [0.29, 0.717) is 11.8 Å². The summed E-state index contributed by atoms with van der Waals surface area (Å²) in [6, 6.07) is 5.65. The van der Waals surface area contributed by atoms with Crippen LogP contribution in [0.15, 0.2) is 27.1 Å². The van der Waals surface area contributed by atoms with Crippen molar-refractivity contribution in [2.45, 2.75) is 12.8 Å². The van der Waals surface area contributed by atoms with E-state index in [-0.39, 0.29) is 5.91 Å². The fourth-order valence-corrected chi connectivity index (χ4v) is 3.65. The minimum atomic E-state index is 0.0994. The number of amides is 1. The first-order valence-electron chi connectivity index (χ1n) is 5.92. The fraction of sp³-hybridized carbons (Fsp3) is 0.462. The van der Waals surface area contributed by atoms with Gasteiger partial charge in [0.15, 0.2) is 0 Å². The zero-order valence-electron chi connectivity index (χ0n) is 9.83. The van der Waals surface area contributed by atoms with Crippen molar-refractivity contribution in [3.63, 3.8) is 0 Å². The van der Waals surface area contributed by atoms with Crippen molar-refractivity contribution in [2.24, 2.45) is 5.92 Å². The molecule has 2 rings (SSSR count). The first-order valence-corrected chi connectivity index (χ1v) is 8.04. The van der Waals surface area contributed by atoms with Gasteiger partial charge in [0.2, 0.25) is 0 Å². The summed E-state index contributed by atoms with van der Waals surface area (Å²) in [5, 5.41) is 0. The summed E-state index contributed by atoms with van der Waals surface area (Å²) < 4.78 is 1.80. The summed E-state index contributed by atoms with van der Waals surface area (Å²) in [4.78, 5) is 14.3. The Labute approximate surface area is 129 Å². The van der Waals surface area contributed by atoms with Gasteiger partial charge in [-0.3, -0.25) is 4.79 Å². The molecule has 1 aromatic rings. The van der Waals surface area contributed by atoms with Crippen molar-refractivity contribution < 1.29 is 4.79 Å². The quantitative estimate of drug-likeness (QED) is 0.684. The van der Waals surface area contributed by atoms with Gasteiger partial charge < -0.3 is 4.90 Å². The molecule has 0 N–H and O–H groups in total. The van der Waals surface area contributed by atoms with Gasteiger partial charge in [0.25, 0.3) is 5.91 Å². The maximum absolute atomic E-state index is 12.4.